The van der Waals surface area contributed by atoms with Crippen LogP contribution in [0.4, 0.5) is 0 Å². The first-order chi connectivity index (χ1) is 16.6. The molecule has 34 heavy (non-hydrogen) atoms. The highest BCUT2D eigenvalue weighted by molar-refractivity contribution is 5.52. The molecule has 1 saturated heterocycles. The minimum absolute atomic E-state index is 0.283. The molecule has 3 nitrogen and oxygen atoms in total. The molecule has 0 spiro atoms. The van der Waals surface area contributed by atoms with E-state index in [0.717, 1.165) is 37.2 Å². The van der Waals surface area contributed by atoms with E-state index < -0.39 is 0 Å². The van der Waals surface area contributed by atoms with Gasteiger partial charge in [0, 0.05) is 5.41 Å². The normalized spacial score (nSPS) is 17.6. The van der Waals surface area contributed by atoms with Gasteiger partial charge in [-0.3, -0.25) is 0 Å². The molecule has 0 saturated carbocycles. The Morgan fingerprint density at radius 2 is 1.21 bits per heavy atom. The molecule has 3 aromatic carbocycles. The lowest BCUT2D eigenvalue weighted by Gasteiger charge is -2.37. The summed E-state index contributed by atoms with van der Waals surface area (Å²) in [6.45, 7) is 6.43. The molecule has 0 aliphatic carbocycles. The topological polar surface area (TPSA) is 27.7 Å². The Balaban J connectivity index is 0.00000103. The zero-order chi connectivity index (χ0) is 24.4. The van der Waals surface area contributed by atoms with Crippen molar-refractivity contribution in [2.45, 2.75) is 70.5 Å². The van der Waals surface area contributed by atoms with Crippen molar-refractivity contribution in [2.24, 2.45) is 0 Å². The molecule has 0 N–H and O–H groups in total. The number of ether oxygens (including phenoxy) is 3. The maximum absolute atomic E-state index is 6.20. The van der Waals surface area contributed by atoms with Gasteiger partial charge < -0.3 is 14.2 Å². The fourth-order valence-corrected chi connectivity index (χ4v) is 4.88. The predicted molar refractivity (Wildman–Crippen MR) is 141 cm³/mol. The molecule has 0 amide bonds. The minimum Gasteiger partial charge on any atom is -0.497 e. The van der Waals surface area contributed by atoms with E-state index in [-0.39, 0.29) is 5.41 Å². The molecular weight excluding hydrogens is 420 g/mol. The van der Waals surface area contributed by atoms with Crippen molar-refractivity contribution in [3.8, 4) is 11.5 Å². The summed E-state index contributed by atoms with van der Waals surface area (Å²) < 4.78 is 17.1. The molecule has 2 atom stereocenters. The van der Waals surface area contributed by atoms with Crippen LogP contribution in [-0.4, -0.2) is 26.4 Å². The molecular formula is C31H40O3. The molecule has 1 heterocycles. The van der Waals surface area contributed by atoms with Gasteiger partial charge in [-0.15, -0.1) is 0 Å². The van der Waals surface area contributed by atoms with Gasteiger partial charge in [0.25, 0.3) is 0 Å². The minimum atomic E-state index is -0.283. The highest BCUT2D eigenvalue weighted by Crippen LogP contribution is 2.45. The van der Waals surface area contributed by atoms with Crippen LogP contribution in [-0.2, 0) is 10.2 Å². The molecule has 182 valence electrons. The van der Waals surface area contributed by atoms with Crippen LogP contribution in [0.15, 0.2) is 78.9 Å². The van der Waals surface area contributed by atoms with E-state index in [1.54, 1.807) is 14.2 Å². The summed E-state index contributed by atoms with van der Waals surface area (Å²) >= 11 is 0. The monoisotopic (exact) mass is 460 g/mol. The Kier molecular flexibility index (Phi) is 9.59. The van der Waals surface area contributed by atoms with Crippen LogP contribution < -0.4 is 9.47 Å². The molecule has 2 unspecified atom stereocenters. The highest BCUT2D eigenvalue weighted by Gasteiger charge is 2.37. The van der Waals surface area contributed by atoms with Crippen LogP contribution in [0.5, 0.6) is 11.5 Å². The van der Waals surface area contributed by atoms with Gasteiger partial charge in [0.05, 0.1) is 26.4 Å². The quantitative estimate of drug-likeness (QED) is 0.321. The van der Waals surface area contributed by atoms with Crippen molar-refractivity contribution in [3.63, 3.8) is 0 Å². The third kappa shape index (κ3) is 6.01. The fraction of sp³-hybridized carbons (Fsp3) is 0.419. The smallest absolute Gasteiger partial charge is 0.118 e. The third-order valence-electron chi connectivity index (χ3n) is 6.59. The van der Waals surface area contributed by atoms with Crippen LogP contribution in [0, 0.1) is 0 Å². The molecule has 4 rings (SSSR count). The Hall–Kier alpha value is -2.78. The summed E-state index contributed by atoms with van der Waals surface area (Å²) in [5.74, 6) is 1.74. The summed E-state index contributed by atoms with van der Waals surface area (Å²) in [5.41, 5.74) is 3.53. The number of benzene rings is 3. The van der Waals surface area contributed by atoms with Gasteiger partial charge in [-0.2, -0.15) is 0 Å². The lowest BCUT2D eigenvalue weighted by Crippen LogP contribution is -2.31. The van der Waals surface area contributed by atoms with Gasteiger partial charge in [-0.1, -0.05) is 74.9 Å². The second kappa shape index (κ2) is 12.6. The van der Waals surface area contributed by atoms with Crippen LogP contribution in [0.25, 0.3) is 0 Å². The average Bonchev–Trinajstić information content (AvgIpc) is 3.31. The van der Waals surface area contributed by atoms with Gasteiger partial charge in [-0.25, -0.2) is 0 Å². The largest absolute Gasteiger partial charge is 0.497 e. The van der Waals surface area contributed by atoms with Crippen LogP contribution >= 0.6 is 0 Å². The summed E-state index contributed by atoms with van der Waals surface area (Å²) in [6.07, 6.45) is 6.18. The van der Waals surface area contributed by atoms with E-state index in [9.17, 15) is 0 Å². The van der Waals surface area contributed by atoms with E-state index >= 15 is 0 Å². The maximum atomic E-state index is 6.20. The van der Waals surface area contributed by atoms with Crippen molar-refractivity contribution in [1.29, 1.82) is 0 Å². The van der Waals surface area contributed by atoms with Crippen LogP contribution in [0.3, 0.4) is 0 Å². The first-order valence-electron chi connectivity index (χ1n) is 12.6. The summed E-state index contributed by atoms with van der Waals surface area (Å²) in [4.78, 5) is 0. The van der Waals surface area contributed by atoms with Gasteiger partial charge in [0.15, 0.2) is 0 Å². The SMILES string of the molecule is CCC.COc1ccc(C(CCC2CCC(C)O2)(c2ccccc2)c2ccc(OC)cc2)cc1. The fourth-order valence-electron chi connectivity index (χ4n) is 4.88. The second-order valence-electron chi connectivity index (χ2n) is 9.12. The van der Waals surface area contributed by atoms with E-state index in [1.807, 2.05) is 0 Å². The van der Waals surface area contributed by atoms with E-state index in [0.29, 0.717) is 12.2 Å². The summed E-state index contributed by atoms with van der Waals surface area (Å²) in [7, 11) is 3.42. The summed E-state index contributed by atoms with van der Waals surface area (Å²) in [5, 5.41) is 0. The molecule has 1 aliphatic heterocycles. The third-order valence-corrected chi connectivity index (χ3v) is 6.59. The van der Waals surface area contributed by atoms with Crippen molar-refractivity contribution in [1.82, 2.24) is 0 Å². The van der Waals surface area contributed by atoms with Crippen molar-refractivity contribution in [3.05, 3.63) is 95.6 Å². The van der Waals surface area contributed by atoms with E-state index in [2.05, 4.69) is 99.6 Å². The van der Waals surface area contributed by atoms with Gasteiger partial charge >= 0.3 is 0 Å². The number of methoxy groups -OCH3 is 2. The Labute approximate surface area is 206 Å². The van der Waals surface area contributed by atoms with Crippen molar-refractivity contribution < 1.29 is 14.2 Å². The molecule has 0 radical (unpaired) electrons. The molecule has 0 aromatic heterocycles. The molecule has 3 aromatic rings. The van der Waals surface area contributed by atoms with Crippen LogP contribution in [0.1, 0.15) is 69.6 Å². The lowest BCUT2D eigenvalue weighted by molar-refractivity contribution is 0.0477. The summed E-state index contributed by atoms with van der Waals surface area (Å²) in [6, 6.07) is 27.9. The van der Waals surface area contributed by atoms with E-state index in [1.165, 1.54) is 23.1 Å². The average molecular weight is 461 g/mol. The highest BCUT2D eigenvalue weighted by atomic mass is 16.5. The second-order valence-corrected chi connectivity index (χ2v) is 9.12. The predicted octanol–water partition coefficient (Wildman–Crippen LogP) is 7.80. The van der Waals surface area contributed by atoms with E-state index in [4.69, 9.17) is 14.2 Å². The van der Waals surface area contributed by atoms with Crippen molar-refractivity contribution >= 4 is 0 Å². The first kappa shape index (κ1) is 25.8. The number of hydrogen-bond donors (Lipinski definition) is 0. The number of rotatable bonds is 8. The lowest BCUT2D eigenvalue weighted by atomic mass is 9.66. The molecule has 0 bridgehead atoms. The standard InChI is InChI=1S/C28H32O3.C3H8/c1-21-9-14-27(31-21)19-20-28(22-7-5-4-6-8-22,23-10-15-25(29-2)16-11-23)24-12-17-26(30-3)18-13-24;1-3-2/h4-8,10-13,15-18,21,27H,9,14,19-20H2,1-3H3;3H2,1-2H3. The molecule has 1 aliphatic rings. The number of hydrogen-bond acceptors (Lipinski definition) is 3. The molecule has 3 heteroatoms. The zero-order valence-corrected chi connectivity index (χ0v) is 21.4. The van der Waals surface area contributed by atoms with Gasteiger partial charge in [0.2, 0.25) is 0 Å². The Morgan fingerprint density at radius 3 is 1.62 bits per heavy atom. The maximum Gasteiger partial charge on any atom is 0.118 e. The van der Waals surface area contributed by atoms with Gasteiger partial charge in [0.1, 0.15) is 11.5 Å². The molecule has 1 fully saturated rings. The Bertz CT molecular complexity index is 916. The van der Waals surface area contributed by atoms with Crippen LogP contribution in [0.2, 0.25) is 0 Å². The zero-order valence-electron chi connectivity index (χ0n) is 21.4. The van der Waals surface area contributed by atoms with Gasteiger partial charge in [-0.05, 0) is 73.6 Å². The van der Waals surface area contributed by atoms with Crippen molar-refractivity contribution in [2.75, 3.05) is 14.2 Å². The first-order valence-corrected chi connectivity index (χ1v) is 12.6. The Morgan fingerprint density at radius 1 is 0.735 bits per heavy atom.